The van der Waals surface area contributed by atoms with Gasteiger partial charge in [0.25, 0.3) is 0 Å². The van der Waals surface area contributed by atoms with Gasteiger partial charge in [-0.1, -0.05) is 85.5 Å². The highest BCUT2D eigenvalue weighted by Crippen LogP contribution is 2.29. The third kappa shape index (κ3) is 3.18. The van der Waals surface area contributed by atoms with Crippen LogP contribution in [0.15, 0.2) is 79.1 Å². The van der Waals surface area contributed by atoms with Crippen molar-refractivity contribution < 1.29 is 0 Å². The van der Waals surface area contributed by atoms with Crippen molar-refractivity contribution in [3.8, 4) is 22.4 Å². The molecule has 0 N–H and O–H groups in total. The van der Waals surface area contributed by atoms with Crippen molar-refractivity contribution in [2.45, 2.75) is 19.6 Å². The first-order chi connectivity index (χ1) is 12.5. The van der Waals surface area contributed by atoms with E-state index in [1.165, 1.54) is 16.3 Å². The fraction of sp³-hybridized carbons (Fsp3) is 0.130. The van der Waals surface area contributed by atoms with Crippen LogP contribution >= 0.6 is 0 Å². The molecule has 0 unspecified atom stereocenters. The van der Waals surface area contributed by atoms with Crippen molar-refractivity contribution in [3.63, 3.8) is 0 Å². The van der Waals surface area contributed by atoms with E-state index in [2.05, 4.69) is 96.3 Å². The molecule has 0 aliphatic carbocycles. The second-order valence-corrected chi connectivity index (χ2v) is 12.7. The van der Waals surface area contributed by atoms with Gasteiger partial charge in [0.2, 0.25) is 0 Å². The minimum absolute atomic E-state index is 0.977. The molecule has 128 valence electrons. The first-order valence-electron chi connectivity index (χ1n) is 8.93. The van der Waals surface area contributed by atoms with Crippen molar-refractivity contribution in [1.29, 1.82) is 0 Å². The Morgan fingerprint density at radius 3 is 2.04 bits per heavy atom. The lowest BCUT2D eigenvalue weighted by atomic mass is 10.0. The van der Waals surface area contributed by atoms with Gasteiger partial charge in [-0.25, -0.2) is 9.97 Å². The fourth-order valence-corrected chi connectivity index (χ4v) is 4.39. The third-order valence-corrected chi connectivity index (χ3v) is 6.83. The molecule has 0 aliphatic rings. The lowest BCUT2D eigenvalue weighted by molar-refractivity contribution is 1.22. The highest BCUT2D eigenvalue weighted by atomic mass is 28.3. The molecule has 4 aromatic rings. The van der Waals surface area contributed by atoms with Crippen LogP contribution in [0.5, 0.6) is 0 Å². The molecule has 0 radical (unpaired) electrons. The Labute approximate surface area is 155 Å². The maximum atomic E-state index is 4.57. The molecule has 2 nitrogen and oxygen atoms in total. The van der Waals surface area contributed by atoms with E-state index in [9.17, 15) is 0 Å². The number of rotatable bonds is 3. The Morgan fingerprint density at radius 2 is 1.35 bits per heavy atom. The molecule has 3 aromatic carbocycles. The van der Waals surface area contributed by atoms with Crippen molar-refractivity contribution in [1.82, 2.24) is 9.97 Å². The van der Waals surface area contributed by atoms with Crippen LogP contribution in [-0.2, 0) is 0 Å². The lowest BCUT2D eigenvalue weighted by Gasteiger charge is -2.17. The van der Waals surface area contributed by atoms with E-state index in [1.54, 1.807) is 6.33 Å². The normalized spacial score (nSPS) is 11.7. The first-order valence-corrected chi connectivity index (χ1v) is 12.4. The Morgan fingerprint density at radius 1 is 0.654 bits per heavy atom. The van der Waals surface area contributed by atoms with E-state index in [-0.39, 0.29) is 0 Å². The Bertz CT molecular complexity index is 1050. The number of aromatic nitrogens is 2. The van der Waals surface area contributed by atoms with E-state index in [0.717, 1.165) is 22.2 Å². The maximum Gasteiger partial charge on any atom is 0.116 e. The fourth-order valence-electron chi connectivity index (χ4n) is 3.23. The highest BCUT2D eigenvalue weighted by Gasteiger charge is 2.16. The molecule has 0 fully saturated rings. The second kappa shape index (κ2) is 6.50. The summed E-state index contributed by atoms with van der Waals surface area (Å²) >= 11 is 0. The molecule has 26 heavy (non-hydrogen) atoms. The van der Waals surface area contributed by atoms with E-state index in [1.807, 2.05) is 6.07 Å². The molecular weight excluding hydrogens is 332 g/mol. The summed E-state index contributed by atoms with van der Waals surface area (Å²) in [7, 11) is -1.29. The van der Waals surface area contributed by atoms with Crippen LogP contribution in [0.4, 0.5) is 0 Å². The quantitative estimate of drug-likeness (QED) is 0.453. The van der Waals surface area contributed by atoms with Gasteiger partial charge in [0, 0.05) is 10.9 Å². The zero-order valence-electron chi connectivity index (χ0n) is 15.4. The van der Waals surface area contributed by atoms with Crippen LogP contribution in [0.3, 0.4) is 0 Å². The third-order valence-electron chi connectivity index (χ3n) is 4.77. The van der Waals surface area contributed by atoms with Crippen LogP contribution in [0, 0.1) is 0 Å². The van der Waals surface area contributed by atoms with Crippen LogP contribution in [-0.4, -0.2) is 18.0 Å². The van der Waals surface area contributed by atoms with E-state index >= 15 is 0 Å². The van der Waals surface area contributed by atoms with Crippen molar-refractivity contribution in [2.75, 3.05) is 0 Å². The highest BCUT2D eigenvalue weighted by molar-refractivity contribution is 6.88. The summed E-state index contributed by atoms with van der Waals surface area (Å²) in [6.45, 7) is 7.10. The van der Waals surface area contributed by atoms with Gasteiger partial charge in [-0.3, -0.25) is 0 Å². The van der Waals surface area contributed by atoms with E-state index < -0.39 is 8.07 Å². The largest absolute Gasteiger partial charge is 0.236 e. The van der Waals surface area contributed by atoms with Gasteiger partial charge < -0.3 is 0 Å². The second-order valence-electron chi connectivity index (χ2n) is 7.65. The molecule has 4 rings (SSSR count). The summed E-state index contributed by atoms with van der Waals surface area (Å²) in [5.41, 5.74) is 5.50. The van der Waals surface area contributed by atoms with E-state index in [4.69, 9.17) is 0 Å². The van der Waals surface area contributed by atoms with Gasteiger partial charge in [0.05, 0.1) is 19.3 Å². The molecule has 0 saturated carbocycles. The monoisotopic (exact) mass is 354 g/mol. The van der Waals surface area contributed by atoms with Crippen molar-refractivity contribution >= 4 is 24.2 Å². The van der Waals surface area contributed by atoms with Gasteiger partial charge in [-0.15, -0.1) is 0 Å². The molecule has 0 spiro atoms. The first kappa shape index (κ1) is 16.7. The lowest BCUT2D eigenvalue weighted by Crippen LogP contribution is -2.37. The van der Waals surface area contributed by atoms with Crippen LogP contribution in [0.25, 0.3) is 33.3 Å². The molecular formula is C23H22N2Si. The average molecular weight is 355 g/mol. The summed E-state index contributed by atoms with van der Waals surface area (Å²) in [5.74, 6) is 0. The standard InChI is InChI=1S/C23H22N2Si/c1-26(2,3)20-12-9-18(10-13-20)23-21-14-11-19(15-22(21)24-16-25-23)17-7-5-4-6-8-17/h4-16H,1-3H3. The summed E-state index contributed by atoms with van der Waals surface area (Å²) in [6, 6.07) is 25.7. The topological polar surface area (TPSA) is 25.8 Å². The SMILES string of the molecule is C[Si](C)(C)c1ccc(-c2ncnc3cc(-c4ccccc4)ccc23)cc1. The minimum Gasteiger partial charge on any atom is -0.236 e. The van der Waals surface area contributed by atoms with E-state index in [0.29, 0.717) is 0 Å². The van der Waals surface area contributed by atoms with Crippen molar-refractivity contribution in [3.05, 3.63) is 79.1 Å². The summed E-state index contributed by atoms with van der Waals surface area (Å²) in [6.07, 6.45) is 1.67. The number of nitrogens with zero attached hydrogens (tertiary/aromatic N) is 2. The number of fused-ring (bicyclic) bond motifs is 1. The van der Waals surface area contributed by atoms with Gasteiger partial charge in [0.1, 0.15) is 6.33 Å². The van der Waals surface area contributed by atoms with Gasteiger partial charge in [0.15, 0.2) is 0 Å². The molecule has 0 bridgehead atoms. The predicted octanol–water partition coefficient (Wildman–Crippen LogP) is 5.51. The number of benzene rings is 3. The van der Waals surface area contributed by atoms with Crippen molar-refractivity contribution in [2.24, 2.45) is 0 Å². The molecule has 0 saturated heterocycles. The smallest absolute Gasteiger partial charge is 0.116 e. The van der Waals surface area contributed by atoms with Gasteiger partial charge in [-0.2, -0.15) is 0 Å². The molecule has 0 atom stereocenters. The minimum atomic E-state index is -1.29. The number of hydrogen-bond acceptors (Lipinski definition) is 2. The Hall–Kier alpha value is -2.78. The Balaban J connectivity index is 1.79. The summed E-state index contributed by atoms with van der Waals surface area (Å²) in [5, 5.41) is 2.55. The number of hydrogen-bond donors (Lipinski definition) is 0. The maximum absolute atomic E-state index is 4.57. The molecule has 0 aliphatic heterocycles. The summed E-state index contributed by atoms with van der Waals surface area (Å²) < 4.78 is 0. The predicted molar refractivity (Wildman–Crippen MR) is 113 cm³/mol. The average Bonchev–Trinajstić information content (AvgIpc) is 2.67. The van der Waals surface area contributed by atoms with Crippen LogP contribution in [0.1, 0.15) is 0 Å². The molecule has 3 heteroatoms. The van der Waals surface area contributed by atoms with Crippen LogP contribution in [0.2, 0.25) is 19.6 Å². The van der Waals surface area contributed by atoms with Gasteiger partial charge in [-0.05, 0) is 23.3 Å². The van der Waals surface area contributed by atoms with Gasteiger partial charge >= 0.3 is 0 Å². The molecule has 0 amide bonds. The molecule has 1 aromatic heterocycles. The van der Waals surface area contributed by atoms with Crippen LogP contribution < -0.4 is 5.19 Å². The Kier molecular flexibility index (Phi) is 4.17. The molecule has 1 heterocycles. The zero-order valence-corrected chi connectivity index (χ0v) is 16.4. The zero-order chi connectivity index (χ0) is 18.1. The summed E-state index contributed by atoms with van der Waals surface area (Å²) in [4.78, 5) is 9.08.